The van der Waals surface area contributed by atoms with E-state index in [1.54, 1.807) is 19.2 Å². The van der Waals surface area contributed by atoms with Gasteiger partial charge in [0, 0.05) is 25.1 Å². The van der Waals surface area contributed by atoms with Crippen molar-refractivity contribution in [1.82, 2.24) is 5.32 Å². The van der Waals surface area contributed by atoms with Gasteiger partial charge in [-0.1, -0.05) is 25.0 Å². The van der Waals surface area contributed by atoms with Crippen LogP contribution in [-0.2, 0) is 11.3 Å². The Kier molecular flexibility index (Phi) is 5.56. The van der Waals surface area contributed by atoms with E-state index in [0.717, 1.165) is 31.2 Å². The van der Waals surface area contributed by atoms with E-state index in [2.05, 4.69) is 5.32 Å². The molecule has 1 saturated carbocycles. The largest absolute Gasteiger partial charge is 0.393 e. The van der Waals surface area contributed by atoms with Crippen LogP contribution in [0.15, 0.2) is 24.3 Å². The van der Waals surface area contributed by atoms with Crippen LogP contribution in [-0.4, -0.2) is 30.8 Å². The second-order valence-corrected chi connectivity index (χ2v) is 5.45. The van der Waals surface area contributed by atoms with Crippen molar-refractivity contribution in [1.29, 1.82) is 0 Å². The summed E-state index contributed by atoms with van der Waals surface area (Å²) in [7, 11) is 1.65. The van der Waals surface area contributed by atoms with Crippen LogP contribution in [0.2, 0.25) is 0 Å². The van der Waals surface area contributed by atoms with Crippen LogP contribution < -0.4 is 5.32 Å². The molecule has 0 heterocycles. The molecule has 0 spiro atoms. The second kappa shape index (κ2) is 7.41. The van der Waals surface area contributed by atoms with Gasteiger partial charge in [0.25, 0.3) is 5.91 Å². The highest BCUT2D eigenvalue weighted by Crippen LogP contribution is 2.23. The van der Waals surface area contributed by atoms with Crippen molar-refractivity contribution in [2.45, 2.75) is 38.4 Å². The molecule has 20 heavy (non-hydrogen) atoms. The van der Waals surface area contributed by atoms with E-state index >= 15 is 0 Å². The van der Waals surface area contributed by atoms with Gasteiger partial charge in [-0.2, -0.15) is 0 Å². The maximum absolute atomic E-state index is 12.0. The Morgan fingerprint density at radius 1 is 1.30 bits per heavy atom. The molecule has 0 radical (unpaired) electrons. The summed E-state index contributed by atoms with van der Waals surface area (Å²) in [4.78, 5) is 12.0. The molecule has 4 heteroatoms. The number of amides is 1. The topological polar surface area (TPSA) is 58.6 Å². The van der Waals surface area contributed by atoms with Crippen molar-refractivity contribution in [3.63, 3.8) is 0 Å². The van der Waals surface area contributed by atoms with Crippen molar-refractivity contribution in [3.05, 3.63) is 35.4 Å². The summed E-state index contributed by atoms with van der Waals surface area (Å²) in [6.45, 7) is 1.11. The summed E-state index contributed by atoms with van der Waals surface area (Å²) in [5.41, 5.74) is 1.70. The molecule has 1 aliphatic rings. The first-order chi connectivity index (χ1) is 9.70. The Labute approximate surface area is 120 Å². The number of hydrogen-bond donors (Lipinski definition) is 2. The van der Waals surface area contributed by atoms with Gasteiger partial charge in [0.2, 0.25) is 0 Å². The summed E-state index contributed by atoms with van der Waals surface area (Å²) in [6.07, 6.45) is 3.81. The molecular formula is C16H23NO3. The van der Waals surface area contributed by atoms with E-state index in [-0.39, 0.29) is 17.9 Å². The van der Waals surface area contributed by atoms with E-state index in [9.17, 15) is 9.90 Å². The zero-order valence-electron chi connectivity index (χ0n) is 12.0. The lowest BCUT2D eigenvalue weighted by molar-refractivity contribution is 0.0663. The first-order valence-corrected chi connectivity index (χ1v) is 7.25. The number of carbonyl (C=O) groups excluding carboxylic acids is 1. The molecule has 1 aromatic carbocycles. The van der Waals surface area contributed by atoms with Crippen LogP contribution in [0.3, 0.4) is 0 Å². The van der Waals surface area contributed by atoms with Gasteiger partial charge in [-0.25, -0.2) is 0 Å². The number of rotatable bonds is 5. The SMILES string of the molecule is COCc1ccc(C(=O)NCC2CCCCC2O)cc1. The Balaban J connectivity index is 1.84. The van der Waals surface area contributed by atoms with Crippen molar-refractivity contribution < 1.29 is 14.6 Å². The first-order valence-electron chi connectivity index (χ1n) is 7.25. The van der Waals surface area contributed by atoms with Gasteiger partial charge >= 0.3 is 0 Å². The minimum atomic E-state index is -0.270. The van der Waals surface area contributed by atoms with Crippen molar-refractivity contribution in [3.8, 4) is 0 Å². The molecule has 2 atom stereocenters. The number of methoxy groups -OCH3 is 1. The predicted molar refractivity (Wildman–Crippen MR) is 77.5 cm³/mol. The quantitative estimate of drug-likeness (QED) is 0.866. The average molecular weight is 277 g/mol. The fraction of sp³-hybridized carbons (Fsp3) is 0.562. The lowest BCUT2D eigenvalue weighted by Crippen LogP contribution is -2.36. The second-order valence-electron chi connectivity index (χ2n) is 5.45. The standard InChI is InChI=1S/C16H23NO3/c1-20-11-12-6-8-13(9-7-12)16(19)17-10-14-4-2-3-5-15(14)18/h6-9,14-15,18H,2-5,10-11H2,1H3,(H,17,19). The third kappa shape index (κ3) is 4.05. The monoisotopic (exact) mass is 277 g/mol. The molecule has 110 valence electrons. The van der Waals surface area contributed by atoms with Crippen molar-refractivity contribution >= 4 is 5.91 Å². The highest BCUT2D eigenvalue weighted by Gasteiger charge is 2.23. The van der Waals surface area contributed by atoms with Crippen LogP contribution in [0.5, 0.6) is 0 Å². The number of hydrogen-bond acceptors (Lipinski definition) is 3. The summed E-state index contributed by atoms with van der Waals surface area (Å²) in [5, 5.41) is 12.8. The molecule has 0 bridgehead atoms. The number of carbonyl (C=O) groups is 1. The molecule has 2 unspecified atom stereocenters. The van der Waals surface area contributed by atoms with E-state index in [1.165, 1.54) is 0 Å². The molecule has 1 amide bonds. The fourth-order valence-corrected chi connectivity index (χ4v) is 2.67. The zero-order chi connectivity index (χ0) is 14.4. The summed E-state index contributed by atoms with van der Waals surface area (Å²) in [5.74, 6) is 0.118. The van der Waals surface area contributed by atoms with E-state index in [1.807, 2.05) is 12.1 Å². The molecule has 2 N–H and O–H groups in total. The Morgan fingerprint density at radius 2 is 2.00 bits per heavy atom. The zero-order valence-corrected chi connectivity index (χ0v) is 12.0. The van der Waals surface area contributed by atoms with Gasteiger partial charge in [0.05, 0.1) is 12.7 Å². The number of ether oxygens (including phenoxy) is 1. The number of benzene rings is 1. The van der Waals surface area contributed by atoms with Crippen molar-refractivity contribution in [2.24, 2.45) is 5.92 Å². The Morgan fingerprint density at radius 3 is 2.65 bits per heavy atom. The molecule has 4 nitrogen and oxygen atoms in total. The van der Waals surface area contributed by atoms with Gasteiger partial charge in [-0.3, -0.25) is 4.79 Å². The van der Waals surface area contributed by atoms with Gasteiger partial charge in [-0.05, 0) is 30.5 Å². The van der Waals surface area contributed by atoms with Crippen LogP contribution in [0, 0.1) is 5.92 Å². The molecule has 0 saturated heterocycles. The molecular weight excluding hydrogens is 254 g/mol. The third-order valence-electron chi connectivity index (χ3n) is 3.92. The lowest BCUT2D eigenvalue weighted by atomic mass is 9.86. The Bertz CT molecular complexity index is 430. The molecule has 1 aliphatic carbocycles. The number of aliphatic hydroxyl groups excluding tert-OH is 1. The van der Waals surface area contributed by atoms with Crippen LogP contribution in [0.25, 0.3) is 0 Å². The van der Waals surface area contributed by atoms with Crippen molar-refractivity contribution in [2.75, 3.05) is 13.7 Å². The van der Waals surface area contributed by atoms with E-state index in [0.29, 0.717) is 18.7 Å². The van der Waals surface area contributed by atoms with Crippen LogP contribution in [0.1, 0.15) is 41.6 Å². The number of aliphatic hydroxyl groups is 1. The summed E-state index contributed by atoms with van der Waals surface area (Å²) >= 11 is 0. The van der Waals surface area contributed by atoms with E-state index < -0.39 is 0 Å². The minimum Gasteiger partial charge on any atom is -0.393 e. The molecule has 2 rings (SSSR count). The van der Waals surface area contributed by atoms with Crippen LogP contribution >= 0.6 is 0 Å². The van der Waals surface area contributed by atoms with Gasteiger partial charge in [-0.15, -0.1) is 0 Å². The first kappa shape index (κ1) is 15.0. The molecule has 0 aliphatic heterocycles. The highest BCUT2D eigenvalue weighted by atomic mass is 16.5. The van der Waals surface area contributed by atoms with E-state index in [4.69, 9.17) is 4.74 Å². The van der Waals surface area contributed by atoms with Gasteiger partial charge in [0.15, 0.2) is 0 Å². The highest BCUT2D eigenvalue weighted by molar-refractivity contribution is 5.94. The summed E-state index contributed by atoms with van der Waals surface area (Å²) < 4.78 is 5.04. The maximum Gasteiger partial charge on any atom is 0.251 e. The number of nitrogens with one attached hydrogen (secondary N) is 1. The summed E-state index contributed by atoms with van der Waals surface area (Å²) in [6, 6.07) is 7.41. The Hall–Kier alpha value is -1.39. The average Bonchev–Trinajstić information content (AvgIpc) is 2.47. The maximum atomic E-state index is 12.0. The van der Waals surface area contributed by atoms with Gasteiger partial charge < -0.3 is 15.2 Å². The predicted octanol–water partition coefficient (Wildman–Crippen LogP) is 2.11. The molecule has 1 fully saturated rings. The normalized spacial score (nSPS) is 22.5. The smallest absolute Gasteiger partial charge is 0.251 e. The lowest BCUT2D eigenvalue weighted by Gasteiger charge is -2.27. The third-order valence-corrected chi connectivity index (χ3v) is 3.92. The van der Waals surface area contributed by atoms with Gasteiger partial charge in [0.1, 0.15) is 0 Å². The fourth-order valence-electron chi connectivity index (χ4n) is 2.67. The molecule has 1 aromatic rings. The minimum absolute atomic E-state index is 0.0771. The van der Waals surface area contributed by atoms with Crippen LogP contribution in [0.4, 0.5) is 0 Å². The molecule has 0 aromatic heterocycles.